The maximum Gasteiger partial charge on any atom is 0.327 e. The van der Waals surface area contributed by atoms with Crippen molar-refractivity contribution in [2.75, 3.05) is 0 Å². The van der Waals surface area contributed by atoms with Gasteiger partial charge in [-0.3, -0.25) is 9.59 Å². The van der Waals surface area contributed by atoms with Crippen LogP contribution in [0, 0.1) is 11.3 Å². The van der Waals surface area contributed by atoms with Crippen LogP contribution in [0.4, 0.5) is 0 Å². The van der Waals surface area contributed by atoms with Gasteiger partial charge in [0.15, 0.2) is 5.41 Å². The Kier molecular flexibility index (Phi) is 4.00. The Morgan fingerprint density at radius 3 is 2.30 bits per heavy atom. The number of carbonyl (C=O) groups is 2. The lowest BCUT2D eigenvalue weighted by molar-refractivity contribution is -0.254. The van der Waals surface area contributed by atoms with Gasteiger partial charge in [-0.1, -0.05) is 42.5 Å². The van der Waals surface area contributed by atoms with Crippen LogP contribution >= 0.6 is 0 Å². The van der Waals surface area contributed by atoms with Crippen LogP contribution in [-0.4, -0.2) is 17.7 Å². The highest BCUT2D eigenvalue weighted by atomic mass is 16.7. The van der Waals surface area contributed by atoms with Gasteiger partial charge in [-0.05, 0) is 31.2 Å². The van der Waals surface area contributed by atoms with Crippen LogP contribution in [0.15, 0.2) is 42.5 Å². The third-order valence-electron chi connectivity index (χ3n) is 4.62. The zero-order chi connectivity index (χ0) is 16.5. The summed E-state index contributed by atoms with van der Waals surface area (Å²) >= 11 is 0. The van der Waals surface area contributed by atoms with E-state index in [-0.39, 0.29) is 5.92 Å². The molecule has 0 N–H and O–H groups in total. The van der Waals surface area contributed by atoms with Gasteiger partial charge < -0.3 is 9.47 Å². The smallest absolute Gasteiger partial charge is 0.327 e. The van der Waals surface area contributed by atoms with Crippen molar-refractivity contribution in [2.45, 2.75) is 45.3 Å². The molecule has 1 fully saturated rings. The van der Waals surface area contributed by atoms with E-state index in [1.165, 1.54) is 0 Å². The van der Waals surface area contributed by atoms with Crippen molar-refractivity contribution in [1.29, 1.82) is 0 Å². The van der Waals surface area contributed by atoms with E-state index in [1.54, 1.807) is 13.8 Å². The first-order valence-corrected chi connectivity index (χ1v) is 8.11. The molecule has 1 aliphatic carbocycles. The minimum Gasteiger partial charge on any atom is -0.422 e. The van der Waals surface area contributed by atoms with Crippen LogP contribution in [0.25, 0.3) is 0 Å². The van der Waals surface area contributed by atoms with Gasteiger partial charge in [0.25, 0.3) is 5.79 Å². The standard InChI is InChI=1S/C19H22O4/c1-18(2)22-16(20)19(17(21)23-18,15-11-7-4-8-12-15)13-14-9-5-3-6-10-14/h3,5-7,9-11,15H,4,8,12-13H2,1-2H3. The quantitative estimate of drug-likeness (QED) is 0.487. The Bertz CT molecular complexity index is 610. The summed E-state index contributed by atoms with van der Waals surface area (Å²) in [5.74, 6) is -2.34. The molecule has 122 valence electrons. The second-order valence-corrected chi connectivity index (χ2v) is 6.78. The largest absolute Gasteiger partial charge is 0.422 e. The molecule has 0 saturated carbocycles. The molecule has 0 amide bonds. The summed E-state index contributed by atoms with van der Waals surface area (Å²) in [4.78, 5) is 25.8. The Balaban J connectivity index is 2.03. The van der Waals surface area contributed by atoms with E-state index in [0.717, 1.165) is 24.8 Å². The molecule has 4 heteroatoms. The van der Waals surface area contributed by atoms with Crippen molar-refractivity contribution in [3.8, 4) is 0 Å². The second kappa shape index (κ2) is 5.84. The topological polar surface area (TPSA) is 52.6 Å². The van der Waals surface area contributed by atoms with Crippen LogP contribution in [0.2, 0.25) is 0 Å². The highest BCUT2D eigenvalue weighted by Crippen LogP contribution is 2.45. The van der Waals surface area contributed by atoms with Crippen molar-refractivity contribution >= 4 is 11.9 Å². The van der Waals surface area contributed by atoms with Crippen molar-refractivity contribution in [1.82, 2.24) is 0 Å². The molecule has 0 bridgehead atoms. The molecule has 1 aromatic carbocycles. The van der Waals surface area contributed by atoms with Crippen molar-refractivity contribution in [2.24, 2.45) is 11.3 Å². The third kappa shape index (κ3) is 2.90. The fourth-order valence-corrected chi connectivity index (χ4v) is 3.45. The van der Waals surface area contributed by atoms with Crippen LogP contribution in [0.3, 0.4) is 0 Å². The van der Waals surface area contributed by atoms with Crippen LogP contribution in [0.1, 0.15) is 38.7 Å². The number of cyclic esters (lactones) is 2. The first kappa shape index (κ1) is 15.8. The Morgan fingerprint density at radius 2 is 1.74 bits per heavy atom. The number of esters is 2. The number of allylic oxidation sites excluding steroid dienone is 2. The van der Waals surface area contributed by atoms with E-state index in [2.05, 4.69) is 0 Å². The molecule has 0 aromatic heterocycles. The average Bonchev–Trinajstić information content (AvgIpc) is 2.52. The molecule has 23 heavy (non-hydrogen) atoms. The molecule has 0 spiro atoms. The van der Waals surface area contributed by atoms with Crippen molar-refractivity contribution < 1.29 is 19.1 Å². The van der Waals surface area contributed by atoms with Crippen LogP contribution < -0.4 is 0 Å². The highest BCUT2D eigenvalue weighted by molar-refractivity contribution is 6.02. The molecule has 1 heterocycles. The number of ether oxygens (including phenoxy) is 2. The number of hydrogen-bond acceptors (Lipinski definition) is 4. The molecule has 2 aliphatic rings. The van der Waals surface area contributed by atoms with Gasteiger partial charge in [0.05, 0.1) is 0 Å². The predicted molar refractivity (Wildman–Crippen MR) is 85.3 cm³/mol. The van der Waals surface area contributed by atoms with Crippen LogP contribution in [-0.2, 0) is 25.5 Å². The van der Waals surface area contributed by atoms with Gasteiger partial charge >= 0.3 is 11.9 Å². The summed E-state index contributed by atoms with van der Waals surface area (Å²) in [6, 6.07) is 9.58. The Morgan fingerprint density at radius 1 is 1.09 bits per heavy atom. The normalized spacial score (nSPS) is 25.6. The lowest BCUT2D eigenvalue weighted by Gasteiger charge is -2.44. The van der Waals surface area contributed by atoms with Gasteiger partial charge in [-0.15, -0.1) is 0 Å². The summed E-state index contributed by atoms with van der Waals surface area (Å²) in [6.45, 7) is 3.18. The molecule has 1 aliphatic heterocycles. The van der Waals surface area contributed by atoms with Crippen molar-refractivity contribution in [3.05, 3.63) is 48.0 Å². The Hall–Kier alpha value is -2.10. The van der Waals surface area contributed by atoms with E-state index in [9.17, 15) is 9.59 Å². The summed E-state index contributed by atoms with van der Waals surface area (Å²) < 4.78 is 10.9. The van der Waals surface area contributed by atoms with E-state index in [4.69, 9.17) is 9.47 Å². The van der Waals surface area contributed by atoms with E-state index < -0.39 is 23.1 Å². The molecule has 3 rings (SSSR count). The van der Waals surface area contributed by atoms with E-state index in [0.29, 0.717) is 6.42 Å². The SMILES string of the molecule is CC1(C)OC(=O)C(Cc2ccccc2)(C2C=CCCC2)C(=O)O1. The zero-order valence-electron chi connectivity index (χ0n) is 13.6. The van der Waals surface area contributed by atoms with Gasteiger partial charge in [-0.2, -0.15) is 0 Å². The second-order valence-electron chi connectivity index (χ2n) is 6.78. The molecule has 1 unspecified atom stereocenters. The van der Waals surface area contributed by atoms with Gasteiger partial charge in [0, 0.05) is 19.8 Å². The lowest BCUT2D eigenvalue weighted by Crippen LogP contribution is -2.58. The average molecular weight is 314 g/mol. The molecular formula is C19H22O4. The van der Waals surface area contributed by atoms with Gasteiger partial charge in [0.1, 0.15) is 0 Å². The minimum absolute atomic E-state index is 0.187. The highest BCUT2D eigenvalue weighted by Gasteiger charge is 2.59. The van der Waals surface area contributed by atoms with E-state index in [1.807, 2.05) is 42.5 Å². The summed E-state index contributed by atoms with van der Waals surface area (Å²) in [5.41, 5.74) is -0.353. The molecule has 1 aromatic rings. The molecule has 1 saturated heterocycles. The van der Waals surface area contributed by atoms with Crippen LogP contribution in [0.5, 0.6) is 0 Å². The molecule has 0 radical (unpaired) electrons. The number of hydrogen-bond donors (Lipinski definition) is 0. The number of carbonyl (C=O) groups excluding carboxylic acids is 2. The molecule has 1 atom stereocenters. The number of rotatable bonds is 3. The van der Waals surface area contributed by atoms with Gasteiger partial charge in [0.2, 0.25) is 0 Å². The fourth-order valence-electron chi connectivity index (χ4n) is 3.45. The lowest BCUT2D eigenvalue weighted by atomic mass is 9.67. The first-order valence-electron chi connectivity index (χ1n) is 8.11. The van der Waals surface area contributed by atoms with E-state index >= 15 is 0 Å². The molecular weight excluding hydrogens is 292 g/mol. The summed E-state index contributed by atoms with van der Waals surface area (Å²) in [6.07, 6.45) is 7.05. The fraction of sp³-hybridized carbons (Fsp3) is 0.474. The van der Waals surface area contributed by atoms with Gasteiger partial charge in [-0.25, -0.2) is 0 Å². The Labute approximate surface area is 136 Å². The summed E-state index contributed by atoms with van der Waals surface area (Å²) in [5, 5.41) is 0. The third-order valence-corrected chi connectivity index (χ3v) is 4.62. The predicted octanol–water partition coefficient (Wildman–Crippen LogP) is 3.41. The van der Waals surface area contributed by atoms with Crippen molar-refractivity contribution in [3.63, 3.8) is 0 Å². The maximum absolute atomic E-state index is 12.9. The summed E-state index contributed by atoms with van der Waals surface area (Å²) in [7, 11) is 0. The number of benzene rings is 1. The minimum atomic E-state index is -1.28. The maximum atomic E-state index is 12.9. The molecule has 4 nitrogen and oxygen atoms in total. The zero-order valence-corrected chi connectivity index (χ0v) is 13.6. The first-order chi connectivity index (χ1) is 10.9. The monoisotopic (exact) mass is 314 g/mol.